The van der Waals surface area contributed by atoms with Crippen molar-refractivity contribution in [3.05, 3.63) is 11.6 Å². The normalized spacial score (nSPS) is 50.7. The molecule has 4 aliphatic rings. The molecule has 0 bridgehead atoms. The highest BCUT2D eigenvalue weighted by Gasteiger charge is 2.60. The van der Waals surface area contributed by atoms with E-state index < -0.39 is 0 Å². The Morgan fingerprint density at radius 1 is 1.20 bits per heavy atom. The van der Waals surface area contributed by atoms with Gasteiger partial charge in [-0.05, 0) is 79.4 Å². The quantitative estimate of drug-likeness (QED) is 0.651. The third-order valence-electron chi connectivity index (χ3n) is 8.87. The predicted molar refractivity (Wildman–Crippen MR) is 96.6 cm³/mol. The van der Waals surface area contributed by atoms with Gasteiger partial charge in [-0.2, -0.15) is 5.26 Å². The number of carbonyl (C=O) groups excluding carboxylic acids is 1. The number of methoxy groups -OCH3 is 1. The highest BCUT2D eigenvalue weighted by atomic mass is 16.5. The van der Waals surface area contributed by atoms with Gasteiger partial charge in [-0.1, -0.05) is 19.4 Å². The van der Waals surface area contributed by atoms with Gasteiger partial charge in [0.25, 0.3) is 0 Å². The highest BCUT2D eigenvalue weighted by molar-refractivity contribution is 5.84. The summed E-state index contributed by atoms with van der Waals surface area (Å²) in [6, 6.07) is 2.29. The Morgan fingerprint density at radius 2 is 2.00 bits per heavy atom. The van der Waals surface area contributed by atoms with Gasteiger partial charge in [0.15, 0.2) is 5.78 Å². The summed E-state index contributed by atoms with van der Waals surface area (Å²) in [7, 11) is 1.69. The number of ether oxygens (including phenoxy) is 1. The van der Waals surface area contributed by atoms with Crippen molar-refractivity contribution in [2.45, 2.75) is 71.3 Å². The molecular weight excluding hydrogens is 310 g/mol. The van der Waals surface area contributed by atoms with Crippen molar-refractivity contribution in [2.24, 2.45) is 34.5 Å². The standard InChI is InChI=1S/C22H31NO2/c1-21-10-8-18-16(17(21)7-5-14(21)9-11-23)6-4-15-12-19(24)20(25-3)13-22(15,18)2/h9,15-18,20H,4-8,10,12-13H2,1-3H3. The molecule has 0 amide bonds. The largest absolute Gasteiger partial charge is 0.374 e. The van der Waals surface area contributed by atoms with Gasteiger partial charge in [0.2, 0.25) is 0 Å². The Kier molecular flexibility index (Phi) is 4.11. The zero-order valence-corrected chi connectivity index (χ0v) is 15.9. The maximum absolute atomic E-state index is 12.4. The van der Waals surface area contributed by atoms with Gasteiger partial charge in [0.1, 0.15) is 6.10 Å². The summed E-state index contributed by atoms with van der Waals surface area (Å²) >= 11 is 0. The van der Waals surface area contributed by atoms with E-state index in [-0.39, 0.29) is 16.9 Å². The van der Waals surface area contributed by atoms with E-state index in [1.165, 1.54) is 37.7 Å². The molecule has 7 unspecified atom stereocenters. The smallest absolute Gasteiger partial charge is 0.161 e. The molecule has 0 heterocycles. The second kappa shape index (κ2) is 5.95. The van der Waals surface area contributed by atoms with E-state index in [0.29, 0.717) is 11.7 Å². The molecular formula is C22H31NO2. The third-order valence-corrected chi connectivity index (χ3v) is 8.87. The summed E-state index contributed by atoms with van der Waals surface area (Å²) in [5.74, 6) is 3.07. The van der Waals surface area contributed by atoms with Crippen molar-refractivity contribution in [3.8, 4) is 6.07 Å². The second-order valence-corrected chi connectivity index (χ2v) is 9.55. The van der Waals surface area contributed by atoms with E-state index >= 15 is 0 Å². The maximum atomic E-state index is 12.4. The van der Waals surface area contributed by atoms with Crippen molar-refractivity contribution in [2.75, 3.05) is 7.11 Å². The number of Topliss-reactive ketones (excluding diaryl/α,β-unsaturated/α-hetero) is 1. The number of hydrogen-bond donors (Lipinski definition) is 0. The summed E-state index contributed by atoms with van der Waals surface area (Å²) in [6.07, 6.45) is 10.6. The summed E-state index contributed by atoms with van der Waals surface area (Å²) in [6.45, 7) is 4.87. The summed E-state index contributed by atoms with van der Waals surface area (Å²) in [5, 5.41) is 9.17. The predicted octanol–water partition coefficient (Wildman–Crippen LogP) is 4.67. The van der Waals surface area contributed by atoms with Gasteiger partial charge in [-0.3, -0.25) is 4.79 Å². The SMILES string of the molecule is COC1CC2(C)C(CCC3C4CCC(=CC#N)C4(C)CCC32)CC1=O. The van der Waals surface area contributed by atoms with Gasteiger partial charge in [0, 0.05) is 19.6 Å². The number of fused-ring (bicyclic) bond motifs is 5. The van der Waals surface area contributed by atoms with Crippen molar-refractivity contribution < 1.29 is 9.53 Å². The van der Waals surface area contributed by atoms with Crippen molar-refractivity contribution in [3.63, 3.8) is 0 Å². The lowest BCUT2D eigenvalue weighted by molar-refractivity contribution is -0.155. The van der Waals surface area contributed by atoms with Crippen LogP contribution in [0.2, 0.25) is 0 Å². The molecule has 3 heteroatoms. The molecule has 4 saturated carbocycles. The lowest BCUT2D eigenvalue weighted by Gasteiger charge is -2.60. The van der Waals surface area contributed by atoms with Crippen LogP contribution < -0.4 is 0 Å². The van der Waals surface area contributed by atoms with Crippen LogP contribution in [-0.4, -0.2) is 19.0 Å². The summed E-state index contributed by atoms with van der Waals surface area (Å²) < 4.78 is 5.56. The number of nitrogens with zero attached hydrogens (tertiary/aromatic N) is 1. The minimum atomic E-state index is -0.189. The average molecular weight is 341 g/mol. The number of rotatable bonds is 1. The van der Waals surface area contributed by atoms with Crippen LogP contribution in [0.15, 0.2) is 11.6 Å². The fourth-order valence-electron chi connectivity index (χ4n) is 7.45. The monoisotopic (exact) mass is 341 g/mol. The lowest BCUT2D eigenvalue weighted by Crippen LogP contribution is -2.55. The van der Waals surface area contributed by atoms with E-state index in [2.05, 4.69) is 19.9 Å². The summed E-state index contributed by atoms with van der Waals surface area (Å²) in [5.41, 5.74) is 1.89. The van der Waals surface area contributed by atoms with Gasteiger partial charge < -0.3 is 4.74 Å². The number of hydrogen-bond acceptors (Lipinski definition) is 3. The molecule has 0 aliphatic heterocycles. The lowest BCUT2D eigenvalue weighted by atomic mass is 9.45. The molecule has 136 valence electrons. The van der Waals surface area contributed by atoms with Crippen LogP contribution in [0.4, 0.5) is 0 Å². The average Bonchev–Trinajstić information content (AvgIpc) is 2.92. The van der Waals surface area contributed by atoms with Crippen LogP contribution in [0.3, 0.4) is 0 Å². The first-order chi connectivity index (χ1) is 11.9. The first-order valence-electron chi connectivity index (χ1n) is 10.1. The molecule has 4 aliphatic carbocycles. The maximum Gasteiger partial charge on any atom is 0.161 e. The van der Waals surface area contributed by atoms with Crippen LogP contribution >= 0.6 is 0 Å². The number of nitriles is 1. The Hall–Kier alpha value is -1.14. The van der Waals surface area contributed by atoms with E-state index in [4.69, 9.17) is 10.00 Å². The van der Waals surface area contributed by atoms with Gasteiger partial charge in [-0.15, -0.1) is 0 Å². The van der Waals surface area contributed by atoms with Crippen molar-refractivity contribution in [1.82, 2.24) is 0 Å². The van der Waals surface area contributed by atoms with Crippen LogP contribution in [-0.2, 0) is 9.53 Å². The Morgan fingerprint density at radius 3 is 2.72 bits per heavy atom. The number of carbonyl (C=O) groups is 1. The molecule has 3 nitrogen and oxygen atoms in total. The first kappa shape index (κ1) is 17.3. The second-order valence-electron chi connectivity index (χ2n) is 9.55. The fourth-order valence-corrected chi connectivity index (χ4v) is 7.45. The number of ketones is 1. The molecule has 4 rings (SSSR count). The fraction of sp³-hybridized carbons (Fsp3) is 0.818. The molecule has 0 aromatic rings. The Labute approximate surface area is 151 Å². The number of allylic oxidation sites excluding steroid dienone is 2. The zero-order valence-electron chi connectivity index (χ0n) is 15.9. The molecule has 0 radical (unpaired) electrons. The zero-order chi connectivity index (χ0) is 17.8. The Balaban J connectivity index is 1.64. The van der Waals surface area contributed by atoms with Crippen molar-refractivity contribution in [1.29, 1.82) is 5.26 Å². The third kappa shape index (κ3) is 2.36. The van der Waals surface area contributed by atoms with E-state index in [1.807, 2.05) is 6.08 Å². The van der Waals surface area contributed by atoms with Gasteiger partial charge >= 0.3 is 0 Å². The molecule has 0 saturated heterocycles. The van der Waals surface area contributed by atoms with E-state index in [1.54, 1.807) is 7.11 Å². The molecule has 0 spiro atoms. The molecule has 25 heavy (non-hydrogen) atoms. The van der Waals surface area contributed by atoms with Crippen LogP contribution in [0, 0.1) is 45.8 Å². The van der Waals surface area contributed by atoms with Gasteiger partial charge in [-0.25, -0.2) is 0 Å². The molecule has 0 aromatic carbocycles. The van der Waals surface area contributed by atoms with E-state index in [9.17, 15) is 4.79 Å². The highest BCUT2D eigenvalue weighted by Crippen LogP contribution is 2.67. The minimum absolute atomic E-state index is 0.189. The summed E-state index contributed by atoms with van der Waals surface area (Å²) in [4.78, 5) is 12.4. The molecule has 7 atom stereocenters. The topological polar surface area (TPSA) is 50.1 Å². The van der Waals surface area contributed by atoms with Crippen LogP contribution in [0.25, 0.3) is 0 Å². The molecule has 0 aromatic heterocycles. The van der Waals surface area contributed by atoms with Crippen molar-refractivity contribution >= 4 is 5.78 Å². The van der Waals surface area contributed by atoms with Crippen LogP contribution in [0.5, 0.6) is 0 Å². The molecule has 0 N–H and O–H groups in total. The molecule has 4 fully saturated rings. The first-order valence-corrected chi connectivity index (χ1v) is 10.1. The minimum Gasteiger partial charge on any atom is -0.374 e. The van der Waals surface area contributed by atoms with E-state index in [0.717, 1.165) is 37.0 Å². The van der Waals surface area contributed by atoms with Crippen LogP contribution in [0.1, 0.15) is 65.2 Å². The van der Waals surface area contributed by atoms with Gasteiger partial charge in [0.05, 0.1) is 6.07 Å². The Bertz CT molecular complexity index is 647.